The van der Waals surface area contributed by atoms with E-state index in [-0.39, 0.29) is 5.91 Å². The maximum absolute atomic E-state index is 12.7. The third-order valence-corrected chi connectivity index (χ3v) is 3.99. The molecule has 1 amide bonds. The van der Waals surface area contributed by atoms with Crippen molar-refractivity contribution in [3.63, 3.8) is 0 Å². The molecule has 0 aliphatic carbocycles. The molecule has 1 N–H and O–H groups in total. The Balaban J connectivity index is 2.13. The van der Waals surface area contributed by atoms with Crippen LogP contribution in [-0.4, -0.2) is 31.7 Å². The van der Waals surface area contributed by atoms with Crippen molar-refractivity contribution in [3.8, 4) is 11.5 Å². The average Bonchev–Trinajstić information content (AvgIpc) is 2.68. The van der Waals surface area contributed by atoms with Crippen LogP contribution in [0.25, 0.3) is 0 Å². The minimum absolute atomic E-state index is 0.288. The number of rotatable bonds is 8. The molecule has 0 aliphatic rings. The van der Waals surface area contributed by atoms with Crippen molar-refractivity contribution < 1.29 is 23.8 Å². The Bertz CT molecular complexity index is 803. The van der Waals surface area contributed by atoms with Gasteiger partial charge in [0.1, 0.15) is 11.5 Å². The minimum atomic E-state index is -0.678. The second-order valence-corrected chi connectivity index (χ2v) is 5.93. The van der Waals surface area contributed by atoms with E-state index in [1.165, 1.54) is 0 Å². The summed E-state index contributed by atoms with van der Waals surface area (Å²) in [6.07, 6.45) is -0.192. The van der Waals surface area contributed by atoms with E-state index in [0.29, 0.717) is 35.8 Å². The monoisotopic (exact) mass is 371 g/mol. The van der Waals surface area contributed by atoms with Crippen molar-refractivity contribution in [2.45, 2.75) is 33.3 Å². The van der Waals surface area contributed by atoms with Crippen molar-refractivity contribution >= 4 is 17.6 Å². The highest BCUT2D eigenvalue weighted by Gasteiger charge is 2.20. The highest BCUT2D eigenvalue weighted by molar-refractivity contribution is 5.97. The largest absolute Gasteiger partial charge is 0.497 e. The summed E-state index contributed by atoms with van der Waals surface area (Å²) in [4.78, 5) is 24.6. The van der Waals surface area contributed by atoms with E-state index < -0.39 is 12.1 Å². The van der Waals surface area contributed by atoms with Gasteiger partial charge in [-0.2, -0.15) is 0 Å². The van der Waals surface area contributed by atoms with Crippen molar-refractivity contribution in [1.82, 2.24) is 0 Å². The number of methoxy groups -OCH3 is 1. The topological polar surface area (TPSA) is 73.9 Å². The molecule has 0 spiro atoms. The summed E-state index contributed by atoms with van der Waals surface area (Å²) in [5.41, 5.74) is 1.78. The molecule has 0 aromatic heterocycles. The molecule has 2 aromatic rings. The van der Waals surface area contributed by atoms with Crippen molar-refractivity contribution in [2.24, 2.45) is 0 Å². The number of nitrogens with one attached hydrogen (secondary N) is 1. The summed E-state index contributed by atoms with van der Waals surface area (Å²) in [7, 11) is 1.57. The number of hydrogen-bond donors (Lipinski definition) is 1. The van der Waals surface area contributed by atoms with Crippen molar-refractivity contribution in [3.05, 3.63) is 53.6 Å². The molecule has 1 atom stereocenters. The van der Waals surface area contributed by atoms with Gasteiger partial charge in [0.05, 0.1) is 19.3 Å². The Morgan fingerprint density at radius 3 is 2.48 bits per heavy atom. The Hall–Kier alpha value is -3.02. The molecule has 0 fully saturated rings. The third-order valence-electron chi connectivity index (χ3n) is 3.99. The van der Waals surface area contributed by atoms with Gasteiger partial charge in [-0.1, -0.05) is 19.1 Å². The standard InChI is InChI=1S/C21H25NO5/c1-5-19(27-17-9-7-8-16(13-17)25-4)20(23)22-18-12-15(11-10-14(18)3)21(24)26-6-2/h7-13,19H,5-6H2,1-4H3,(H,22,23)/t19-/m0/s1. The Kier molecular flexibility index (Phi) is 7.23. The van der Waals surface area contributed by atoms with E-state index >= 15 is 0 Å². The maximum Gasteiger partial charge on any atom is 0.338 e. The van der Waals surface area contributed by atoms with Crippen molar-refractivity contribution in [2.75, 3.05) is 19.0 Å². The molecule has 2 aromatic carbocycles. The van der Waals surface area contributed by atoms with E-state index in [0.717, 1.165) is 5.56 Å². The fourth-order valence-corrected chi connectivity index (χ4v) is 2.47. The van der Waals surface area contributed by atoms with Crippen LogP contribution in [0.2, 0.25) is 0 Å². The second kappa shape index (κ2) is 9.62. The van der Waals surface area contributed by atoms with Crippen LogP contribution in [0.1, 0.15) is 36.2 Å². The average molecular weight is 371 g/mol. The molecule has 6 nitrogen and oxygen atoms in total. The van der Waals surface area contributed by atoms with Gasteiger partial charge in [0.2, 0.25) is 0 Å². The summed E-state index contributed by atoms with van der Waals surface area (Å²) in [5, 5.41) is 2.84. The molecule has 0 aliphatic heterocycles. The first-order valence-corrected chi connectivity index (χ1v) is 8.87. The number of anilines is 1. The number of benzene rings is 2. The van der Waals surface area contributed by atoms with Gasteiger partial charge in [0, 0.05) is 11.8 Å². The van der Waals surface area contributed by atoms with Gasteiger partial charge in [-0.05, 0) is 50.1 Å². The summed E-state index contributed by atoms with van der Waals surface area (Å²) < 4.78 is 16.0. The molecule has 144 valence electrons. The van der Waals surface area contributed by atoms with E-state index in [1.54, 1.807) is 56.5 Å². The first-order valence-electron chi connectivity index (χ1n) is 8.87. The van der Waals surface area contributed by atoms with Gasteiger partial charge in [-0.15, -0.1) is 0 Å². The Morgan fingerprint density at radius 2 is 1.81 bits per heavy atom. The number of amides is 1. The van der Waals surface area contributed by atoms with Gasteiger partial charge in [-0.3, -0.25) is 4.79 Å². The fraction of sp³-hybridized carbons (Fsp3) is 0.333. The minimum Gasteiger partial charge on any atom is -0.497 e. The van der Waals surface area contributed by atoms with Crippen molar-refractivity contribution in [1.29, 1.82) is 0 Å². The predicted molar refractivity (Wildman–Crippen MR) is 103 cm³/mol. The third kappa shape index (κ3) is 5.48. The smallest absolute Gasteiger partial charge is 0.338 e. The summed E-state index contributed by atoms with van der Waals surface area (Å²) >= 11 is 0. The maximum atomic E-state index is 12.7. The number of carbonyl (C=O) groups excluding carboxylic acids is 2. The number of esters is 1. The highest BCUT2D eigenvalue weighted by atomic mass is 16.5. The van der Waals surface area contributed by atoms with Gasteiger partial charge in [0.15, 0.2) is 6.10 Å². The first kappa shape index (κ1) is 20.3. The fourth-order valence-electron chi connectivity index (χ4n) is 2.47. The van der Waals surface area contributed by atoms with Crippen LogP contribution in [0.3, 0.4) is 0 Å². The summed E-state index contributed by atoms with van der Waals surface area (Å²) in [6.45, 7) is 5.76. The zero-order valence-electron chi connectivity index (χ0n) is 16.1. The van der Waals surface area contributed by atoms with Gasteiger partial charge in [0.25, 0.3) is 5.91 Å². The first-order chi connectivity index (χ1) is 13.0. The molecular weight excluding hydrogens is 346 g/mol. The molecule has 2 rings (SSSR count). The Morgan fingerprint density at radius 1 is 1.07 bits per heavy atom. The lowest BCUT2D eigenvalue weighted by Crippen LogP contribution is -2.32. The Labute approximate surface area is 159 Å². The predicted octanol–water partition coefficient (Wildman–Crippen LogP) is 3.98. The van der Waals surface area contributed by atoms with E-state index in [2.05, 4.69) is 5.32 Å². The zero-order chi connectivity index (χ0) is 19.8. The van der Waals surface area contributed by atoms with Crippen LogP contribution in [0.4, 0.5) is 5.69 Å². The lowest BCUT2D eigenvalue weighted by atomic mass is 10.1. The highest BCUT2D eigenvalue weighted by Crippen LogP contribution is 2.22. The van der Waals surface area contributed by atoms with E-state index in [9.17, 15) is 9.59 Å². The van der Waals surface area contributed by atoms with Crippen LogP contribution in [-0.2, 0) is 9.53 Å². The number of carbonyl (C=O) groups is 2. The molecule has 0 saturated carbocycles. The van der Waals surface area contributed by atoms with Crippen LogP contribution < -0.4 is 14.8 Å². The molecule has 0 saturated heterocycles. The molecule has 0 bridgehead atoms. The SMILES string of the molecule is CCOC(=O)c1ccc(C)c(NC(=O)[C@H](CC)Oc2cccc(OC)c2)c1. The van der Waals surface area contributed by atoms with E-state index in [4.69, 9.17) is 14.2 Å². The molecule has 6 heteroatoms. The van der Waals surface area contributed by atoms with Crippen LogP contribution in [0.15, 0.2) is 42.5 Å². The number of aryl methyl sites for hydroxylation is 1. The van der Waals surface area contributed by atoms with E-state index in [1.807, 2.05) is 13.8 Å². The van der Waals surface area contributed by atoms with Crippen LogP contribution in [0, 0.1) is 6.92 Å². The van der Waals surface area contributed by atoms with Gasteiger partial charge >= 0.3 is 5.97 Å². The molecule has 0 unspecified atom stereocenters. The summed E-state index contributed by atoms with van der Waals surface area (Å²) in [5.74, 6) is 0.492. The quantitative estimate of drug-likeness (QED) is 0.711. The lowest BCUT2D eigenvalue weighted by molar-refractivity contribution is -0.122. The zero-order valence-corrected chi connectivity index (χ0v) is 16.1. The second-order valence-electron chi connectivity index (χ2n) is 5.93. The van der Waals surface area contributed by atoms with Gasteiger partial charge in [-0.25, -0.2) is 4.79 Å². The molecule has 27 heavy (non-hydrogen) atoms. The lowest BCUT2D eigenvalue weighted by Gasteiger charge is -2.18. The van der Waals surface area contributed by atoms with Gasteiger partial charge < -0.3 is 19.5 Å². The normalized spacial score (nSPS) is 11.4. The summed E-state index contributed by atoms with van der Waals surface area (Å²) in [6, 6.07) is 12.2. The van der Waals surface area contributed by atoms with Crippen LogP contribution >= 0.6 is 0 Å². The van der Waals surface area contributed by atoms with Crippen LogP contribution in [0.5, 0.6) is 11.5 Å². The number of ether oxygens (including phenoxy) is 3. The molecule has 0 heterocycles. The molecular formula is C21H25NO5. The number of hydrogen-bond acceptors (Lipinski definition) is 5. The molecule has 0 radical (unpaired) electrons.